The molecular formula is C30H29ClN8O2. The molecule has 0 bridgehead atoms. The molecule has 1 saturated heterocycles. The molecule has 0 N–H and O–H groups in total. The van der Waals surface area contributed by atoms with Gasteiger partial charge < -0.3 is 9.80 Å². The van der Waals surface area contributed by atoms with Gasteiger partial charge in [0.25, 0.3) is 0 Å². The summed E-state index contributed by atoms with van der Waals surface area (Å²) in [7, 11) is 0. The molecule has 0 radical (unpaired) electrons. The number of nitrogens with zero attached hydrogens (tertiary/aromatic N) is 8. The highest BCUT2D eigenvalue weighted by Gasteiger charge is 2.30. The molecule has 1 fully saturated rings. The van der Waals surface area contributed by atoms with Gasteiger partial charge in [-0.05, 0) is 55.7 Å². The highest BCUT2D eigenvalue weighted by molar-refractivity contribution is 6.33. The first-order valence-corrected chi connectivity index (χ1v) is 13.9. The zero-order valence-corrected chi connectivity index (χ0v) is 23.8. The van der Waals surface area contributed by atoms with E-state index in [1.807, 2.05) is 61.2 Å². The number of para-hydroxylation sites is 2. The molecule has 1 aliphatic heterocycles. The summed E-state index contributed by atoms with van der Waals surface area (Å²) in [4.78, 5) is 39.7. The van der Waals surface area contributed by atoms with Crippen LogP contribution in [0.2, 0.25) is 5.02 Å². The monoisotopic (exact) mass is 568 g/mol. The number of benzene rings is 2. The Morgan fingerprint density at radius 3 is 2.68 bits per heavy atom. The molecule has 5 aromatic rings. The van der Waals surface area contributed by atoms with Gasteiger partial charge in [0.05, 0.1) is 21.6 Å². The lowest BCUT2D eigenvalue weighted by molar-refractivity contribution is -0.126. The highest BCUT2D eigenvalue weighted by Crippen LogP contribution is 2.33. The van der Waals surface area contributed by atoms with E-state index >= 15 is 0 Å². The van der Waals surface area contributed by atoms with Crippen LogP contribution in [-0.4, -0.2) is 66.0 Å². The van der Waals surface area contributed by atoms with Crippen molar-refractivity contribution in [1.29, 1.82) is 0 Å². The van der Waals surface area contributed by atoms with Crippen molar-refractivity contribution in [3.8, 4) is 11.5 Å². The molecular weight excluding hydrogens is 540 g/mol. The lowest BCUT2D eigenvalue weighted by Crippen LogP contribution is -2.54. The molecule has 41 heavy (non-hydrogen) atoms. The van der Waals surface area contributed by atoms with Crippen LogP contribution in [0, 0.1) is 6.92 Å². The summed E-state index contributed by atoms with van der Waals surface area (Å²) in [5.41, 5.74) is 4.09. The third-order valence-corrected chi connectivity index (χ3v) is 7.93. The Balaban J connectivity index is 1.63. The molecule has 0 spiro atoms. The van der Waals surface area contributed by atoms with E-state index in [0.29, 0.717) is 52.8 Å². The minimum atomic E-state index is -0.447. The Bertz CT molecular complexity index is 1900. The first-order valence-electron chi connectivity index (χ1n) is 13.5. The number of piperazine rings is 1. The average molecular weight is 569 g/mol. The minimum Gasteiger partial charge on any atom is -0.350 e. The lowest BCUT2D eigenvalue weighted by atomic mass is 10.1. The first kappa shape index (κ1) is 26.6. The summed E-state index contributed by atoms with van der Waals surface area (Å²) in [5, 5.41) is 9.57. The summed E-state index contributed by atoms with van der Waals surface area (Å²) >= 11 is 6.91. The SMILES string of the molecule is C=CC(=O)N1CCN(c2nc(=O)n(-c3c(C)cccc3CC)c3nc(-n4nnc5ccccc54)c(Cl)cc23)[C@@H](C)C1. The van der Waals surface area contributed by atoms with Gasteiger partial charge in [-0.2, -0.15) is 9.67 Å². The van der Waals surface area contributed by atoms with Crippen molar-refractivity contribution >= 4 is 45.4 Å². The Labute approximate surface area is 241 Å². The van der Waals surface area contributed by atoms with Gasteiger partial charge in [0.1, 0.15) is 11.3 Å². The molecule has 1 amide bonds. The van der Waals surface area contributed by atoms with E-state index in [0.717, 1.165) is 28.8 Å². The second-order valence-corrected chi connectivity index (χ2v) is 10.6. The molecule has 0 aliphatic carbocycles. The number of hydrogen-bond acceptors (Lipinski definition) is 7. The zero-order chi connectivity index (χ0) is 28.8. The predicted molar refractivity (Wildman–Crippen MR) is 160 cm³/mol. The van der Waals surface area contributed by atoms with Crippen LogP contribution in [-0.2, 0) is 11.2 Å². The van der Waals surface area contributed by atoms with Crippen molar-refractivity contribution in [3.63, 3.8) is 0 Å². The van der Waals surface area contributed by atoms with Gasteiger partial charge >= 0.3 is 5.69 Å². The Hall–Kier alpha value is -4.57. The highest BCUT2D eigenvalue weighted by atomic mass is 35.5. The fraction of sp³-hybridized carbons (Fsp3) is 0.267. The van der Waals surface area contributed by atoms with Crippen LogP contribution in [0.25, 0.3) is 33.6 Å². The summed E-state index contributed by atoms with van der Waals surface area (Å²) in [5.74, 6) is 0.723. The maximum Gasteiger partial charge on any atom is 0.355 e. The number of hydrogen-bond donors (Lipinski definition) is 0. The van der Waals surface area contributed by atoms with Crippen molar-refractivity contribution in [2.75, 3.05) is 24.5 Å². The fourth-order valence-corrected chi connectivity index (χ4v) is 5.85. The number of anilines is 1. The fourth-order valence-electron chi connectivity index (χ4n) is 5.62. The normalized spacial score (nSPS) is 15.6. The van der Waals surface area contributed by atoms with E-state index in [9.17, 15) is 9.59 Å². The molecule has 4 heterocycles. The van der Waals surface area contributed by atoms with E-state index < -0.39 is 5.69 Å². The molecule has 0 unspecified atom stereocenters. The Morgan fingerprint density at radius 2 is 1.93 bits per heavy atom. The van der Waals surface area contributed by atoms with Gasteiger partial charge in [0.2, 0.25) is 5.91 Å². The molecule has 10 nitrogen and oxygen atoms in total. The van der Waals surface area contributed by atoms with Crippen LogP contribution in [0.5, 0.6) is 0 Å². The summed E-state index contributed by atoms with van der Waals surface area (Å²) < 4.78 is 3.17. The van der Waals surface area contributed by atoms with Gasteiger partial charge in [-0.1, -0.05) is 60.6 Å². The topological polar surface area (TPSA) is 102 Å². The van der Waals surface area contributed by atoms with Crippen molar-refractivity contribution < 1.29 is 4.79 Å². The van der Waals surface area contributed by atoms with Gasteiger partial charge in [0, 0.05) is 25.7 Å². The van der Waals surface area contributed by atoms with Crippen LogP contribution in [0.1, 0.15) is 25.0 Å². The molecule has 1 aliphatic rings. The molecule has 208 valence electrons. The summed E-state index contributed by atoms with van der Waals surface area (Å²) in [6.45, 7) is 11.1. The summed E-state index contributed by atoms with van der Waals surface area (Å²) in [6, 6.07) is 15.2. The lowest BCUT2D eigenvalue weighted by Gasteiger charge is -2.40. The van der Waals surface area contributed by atoms with E-state index in [1.165, 1.54) is 6.08 Å². The van der Waals surface area contributed by atoms with Gasteiger partial charge in [-0.15, -0.1) is 5.10 Å². The van der Waals surface area contributed by atoms with Crippen LogP contribution in [0.3, 0.4) is 0 Å². The standard InChI is InChI=1S/C30H29ClN8O2/c1-5-20-11-9-10-18(3)26(20)38-28-21(16-22(31)29(32-28)39-24-13-8-7-12-23(24)34-35-39)27(33-30(38)41)37-15-14-36(17-19(37)4)25(40)6-2/h6-13,16,19H,2,5,14-15,17H2,1,3-4H3/t19-/m0/s1. The van der Waals surface area contributed by atoms with Crippen LogP contribution < -0.4 is 10.6 Å². The number of rotatable bonds is 5. The Kier molecular flexibility index (Phi) is 6.78. The third kappa shape index (κ3) is 4.44. The van der Waals surface area contributed by atoms with E-state index in [-0.39, 0.29) is 11.9 Å². The predicted octanol–water partition coefficient (Wildman–Crippen LogP) is 4.26. The van der Waals surface area contributed by atoms with E-state index in [4.69, 9.17) is 16.6 Å². The second-order valence-electron chi connectivity index (χ2n) is 10.2. The molecule has 6 rings (SSSR count). The van der Waals surface area contributed by atoms with Gasteiger partial charge in [-0.3, -0.25) is 4.79 Å². The number of aromatic nitrogens is 6. The maximum atomic E-state index is 14.0. The van der Waals surface area contributed by atoms with Gasteiger partial charge in [-0.25, -0.2) is 14.3 Å². The van der Waals surface area contributed by atoms with Crippen molar-refractivity contribution in [1.82, 2.24) is 34.4 Å². The van der Waals surface area contributed by atoms with Crippen LogP contribution in [0.15, 0.2) is 66.0 Å². The number of aryl methyl sites for hydroxylation is 2. The first-order chi connectivity index (χ1) is 19.8. The number of carbonyl (C=O) groups is 1. The number of amides is 1. The quantitative estimate of drug-likeness (QED) is 0.292. The van der Waals surface area contributed by atoms with E-state index in [2.05, 4.69) is 28.8 Å². The summed E-state index contributed by atoms with van der Waals surface area (Å²) in [6.07, 6.45) is 2.04. The third-order valence-electron chi connectivity index (χ3n) is 7.65. The zero-order valence-electron chi connectivity index (χ0n) is 23.1. The minimum absolute atomic E-state index is 0.110. The number of fused-ring (bicyclic) bond motifs is 2. The van der Waals surface area contributed by atoms with Crippen molar-refractivity contribution in [2.24, 2.45) is 0 Å². The number of carbonyl (C=O) groups excluding carboxylic acids is 1. The number of pyridine rings is 1. The molecule has 3 aromatic heterocycles. The van der Waals surface area contributed by atoms with Crippen molar-refractivity contribution in [3.05, 3.63) is 87.8 Å². The Morgan fingerprint density at radius 1 is 1.12 bits per heavy atom. The second kappa shape index (κ2) is 10.4. The number of halogens is 1. The maximum absolute atomic E-state index is 14.0. The molecule has 0 saturated carbocycles. The molecule has 11 heteroatoms. The van der Waals surface area contributed by atoms with Crippen LogP contribution in [0.4, 0.5) is 5.82 Å². The molecule has 1 atom stereocenters. The smallest absolute Gasteiger partial charge is 0.350 e. The van der Waals surface area contributed by atoms with E-state index in [1.54, 1.807) is 20.2 Å². The largest absolute Gasteiger partial charge is 0.355 e. The average Bonchev–Trinajstić information content (AvgIpc) is 3.40. The van der Waals surface area contributed by atoms with Crippen LogP contribution >= 0.6 is 11.6 Å². The van der Waals surface area contributed by atoms with Gasteiger partial charge in [0.15, 0.2) is 11.5 Å². The molecule has 2 aromatic carbocycles. The van der Waals surface area contributed by atoms with Crippen molar-refractivity contribution in [2.45, 2.75) is 33.2 Å².